The minimum absolute atomic E-state index is 0.124. The molecule has 1 aromatic rings. The number of benzene rings is 1. The number of nitrogens with zero attached hydrogens (tertiary/aromatic N) is 1. The third kappa shape index (κ3) is 2.91. The van der Waals surface area contributed by atoms with E-state index in [0.717, 1.165) is 29.8 Å². The second kappa shape index (κ2) is 5.64. The summed E-state index contributed by atoms with van der Waals surface area (Å²) >= 11 is 0. The highest BCUT2D eigenvalue weighted by molar-refractivity contribution is 5.96. The van der Waals surface area contributed by atoms with Gasteiger partial charge in [0.25, 0.3) is 5.91 Å². The number of amides is 1. The molecule has 0 spiro atoms. The highest BCUT2D eigenvalue weighted by atomic mass is 16.2. The van der Waals surface area contributed by atoms with Crippen LogP contribution in [0.1, 0.15) is 47.7 Å². The Morgan fingerprint density at radius 2 is 2.00 bits per heavy atom. The van der Waals surface area contributed by atoms with Gasteiger partial charge in [0.2, 0.25) is 0 Å². The lowest BCUT2D eigenvalue weighted by molar-refractivity contribution is 0.0706. The monoisotopic (exact) mass is 260 g/mol. The van der Waals surface area contributed by atoms with Gasteiger partial charge in [-0.2, -0.15) is 0 Å². The molecule has 3 heteroatoms. The van der Waals surface area contributed by atoms with Crippen molar-refractivity contribution in [1.29, 1.82) is 0 Å². The summed E-state index contributed by atoms with van der Waals surface area (Å²) in [6.07, 6.45) is 3.84. The fourth-order valence-electron chi connectivity index (χ4n) is 2.61. The van der Waals surface area contributed by atoms with Gasteiger partial charge in [-0.15, -0.1) is 0 Å². The number of carbonyl (C=O) groups is 1. The van der Waals surface area contributed by atoms with Crippen molar-refractivity contribution in [3.05, 3.63) is 28.8 Å². The molecule has 0 aromatic heterocycles. The zero-order chi connectivity index (χ0) is 14.0. The first-order valence-electron chi connectivity index (χ1n) is 7.19. The summed E-state index contributed by atoms with van der Waals surface area (Å²) in [6, 6.07) is 3.83. The maximum Gasteiger partial charge on any atom is 0.254 e. The first-order chi connectivity index (χ1) is 9.02. The molecular weight excluding hydrogens is 236 g/mol. The fraction of sp³-hybridized carbons (Fsp3) is 0.562. The van der Waals surface area contributed by atoms with Gasteiger partial charge >= 0.3 is 0 Å². The molecular formula is C16H24N2O. The highest BCUT2D eigenvalue weighted by Crippen LogP contribution is 2.28. The van der Waals surface area contributed by atoms with Gasteiger partial charge in [-0.1, -0.05) is 12.5 Å². The van der Waals surface area contributed by atoms with Gasteiger partial charge in [0, 0.05) is 24.3 Å². The molecule has 1 saturated carbocycles. The molecule has 0 unspecified atom stereocenters. The van der Waals surface area contributed by atoms with E-state index < -0.39 is 0 Å². The molecule has 0 aliphatic heterocycles. The van der Waals surface area contributed by atoms with Gasteiger partial charge in [0.1, 0.15) is 0 Å². The quantitative estimate of drug-likeness (QED) is 0.845. The van der Waals surface area contributed by atoms with Gasteiger partial charge in [-0.3, -0.25) is 4.79 Å². The topological polar surface area (TPSA) is 46.3 Å². The summed E-state index contributed by atoms with van der Waals surface area (Å²) in [5.74, 6) is 0.825. The Morgan fingerprint density at radius 3 is 2.53 bits per heavy atom. The highest BCUT2D eigenvalue weighted by Gasteiger charge is 2.24. The molecule has 0 saturated heterocycles. The summed E-state index contributed by atoms with van der Waals surface area (Å²) < 4.78 is 0. The molecule has 1 aliphatic carbocycles. The number of carbonyl (C=O) groups excluding carboxylic acids is 1. The van der Waals surface area contributed by atoms with Crippen LogP contribution in [0.2, 0.25) is 0 Å². The Kier molecular flexibility index (Phi) is 4.13. The first kappa shape index (κ1) is 13.9. The number of hydrogen-bond donors (Lipinski definition) is 1. The van der Waals surface area contributed by atoms with Crippen LogP contribution in [-0.4, -0.2) is 23.9 Å². The van der Waals surface area contributed by atoms with Crippen molar-refractivity contribution in [2.45, 2.75) is 40.0 Å². The van der Waals surface area contributed by atoms with Crippen LogP contribution >= 0.6 is 0 Å². The second-order valence-electron chi connectivity index (χ2n) is 5.66. The summed E-state index contributed by atoms with van der Waals surface area (Å²) in [6.45, 7) is 7.66. The molecule has 2 rings (SSSR count). The molecule has 1 aliphatic rings. The zero-order valence-corrected chi connectivity index (χ0v) is 12.2. The van der Waals surface area contributed by atoms with Crippen molar-refractivity contribution in [2.24, 2.45) is 5.92 Å². The van der Waals surface area contributed by atoms with Crippen molar-refractivity contribution in [1.82, 2.24) is 4.90 Å². The van der Waals surface area contributed by atoms with E-state index in [9.17, 15) is 4.79 Å². The average molecular weight is 260 g/mol. The van der Waals surface area contributed by atoms with Crippen LogP contribution in [0.4, 0.5) is 5.69 Å². The predicted octanol–water partition coefficient (Wildman–Crippen LogP) is 3.15. The van der Waals surface area contributed by atoms with Crippen molar-refractivity contribution in [2.75, 3.05) is 18.8 Å². The molecule has 104 valence electrons. The van der Waals surface area contributed by atoms with E-state index in [1.165, 1.54) is 19.3 Å². The Balaban J connectivity index is 2.18. The Hall–Kier alpha value is -1.51. The van der Waals surface area contributed by atoms with E-state index in [-0.39, 0.29) is 5.91 Å². The molecule has 1 aromatic carbocycles. The van der Waals surface area contributed by atoms with Crippen LogP contribution in [0, 0.1) is 19.8 Å². The van der Waals surface area contributed by atoms with Gasteiger partial charge in [0.15, 0.2) is 0 Å². The molecule has 2 N–H and O–H groups in total. The lowest BCUT2D eigenvalue weighted by Crippen LogP contribution is -2.37. The number of hydrogen-bond acceptors (Lipinski definition) is 2. The van der Waals surface area contributed by atoms with Gasteiger partial charge in [-0.05, 0) is 56.7 Å². The number of aryl methyl sites for hydroxylation is 2. The van der Waals surface area contributed by atoms with E-state index in [1.807, 2.05) is 37.8 Å². The van der Waals surface area contributed by atoms with Gasteiger partial charge in [-0.25, -0.2) is 0 Å². The smallest absolute Gasteiger partial charge is 0.254 e. The van der Waals surface area contributed by atoms with Crippen LogP contribution in [0.3, 0.4) is 0 Å². The van der Waals surface area contributed by atoms with Crippen molar-refractivity contribution in [3.63, 3.8) is 0 Å². The standard InChI is InChI=1S/C16H24N2O/c1-4-18(10-13-6-5-7-13)16(19)14-9-15(17)12(3)8-11(14)2/h8-9,13H,4-7,10,17H2,1-3H3. The van der Waals surface area contributed by atoms with E-state index >= 15 is 0 Å². The van der Waals surface area contributed by atoms with Crippen LogP contribution in [0.15, 0.2) is 12.1 Å². The SMILES string of the molecule is CCN(CC1CCC1)C(=O)c1cc(N)c(C)cc1C. The lowest BCUT2D eigenvalue weighted by Gasteiger charge is -2.32. The molecule has 0 radical (unpaired) electrons. The molecule has 0 atom stereocenters. The minimum atomic E-state index is 0.124. The van der Waals surface area contributed by atoms with Crippen LogP contribution in [0.25, 0.3) is 0 Å². The molecule has 0 heterocycles. The van der Waals surface area contributed by atoms with Crippen molar-refractivity contribution >= 4 is 11.6 Å². The van der Waals surface area contributed by atoms with Crippen molar-refractivity contribution < 1.29 is 4.79 Å². The van der Waals surface area contributed by atoms with Gasteiger partial charge in [0.05, 0.1) is 0 Å². The fourth-order valence-corrected chi connectivity index (χ4v) is 2.61. The van der Waals surface area contributed by atoms with E-state index in [2.05, 4.69) is 0 Å². The molecule has 1 fully saturated rings. The molecule has 19 heavy (non-hydrogen) atoms. The second-order valence-corrected chi connectivity index (χ2v) is 5.66. The normalized spacial score (nSPS) is 15.1. The van der Waals surface area contributed by atoms with Crippen LogP contribution in [0.5, 0.6) is 0 Å². The Labute approximate surface area is 115 Å². The summed E-state index contributed by atoms with van der Waals surface area (Å²) in [4.78, 5) is 14.6. The van der Waals surface area contributed by atoms with Crippen LogP contribution < -0.4 is 5.73 Å². The lowest BCUT2D eigenvalue weighted by atomic mass is 9.85. The average Bonchev–Trinajstić information content (AvgIpc) is 2.32. The van der Waals surface area contributed by atoms with Crippen LogP contribution in [-0.2, 0) is 0 Å². The van der Waals surface area contributed by atoms with E-state index in [1.54, 1.807) is 0 Å². The number of anilines is 1. The van der Waals surface area contributed by atoms with Crippen molar-refractivity contribution in [3.8, 4) is 0 Å². The Morgan fingerprint density at radius 1 is 1.32 bits per heavy atom. The third-order valence-electron chi connectivity index (χ3n) is 4.22. The van der Waals surface area contributed by atoms with Gasteiger partial charge < -0.3 is 10.6 Å². The molecule has 3 nitrogen and oxygen atoms in total. The molecule has 1 amide bonds. The third-order valence-corrected chi connectivity index (χ3v) is 4.22. The first-order valence-corrected chi connectivity index (χ1v) is 7.19. The summed E-state index contributed by atoms with van der Waals surface area (Å²) in [7, 11) is 0. The Bertz CT molecular complexity index is 478. The number of nitrogen functional groups attached to an aromatic ring is 1. The maximum atomic E-state index is 12.6. The summed E-state index contributed by atoms with van der Waals surface area (Å²) in [5, 5.41) is 0. The number of nitrogens with two attached hydrogens (primary N) is 1. The largest absolute Gasteiger partial charge is 0.398 e. The predicted molar refractivity (Wildman–Crippen MR) is 79.2 cm³/mol. The number of rotatable bonds is 4. The van der Waals surface area contributed by atoms with E-state index in [4.69, 9.17) is 5.73 Å². The van der Waals surface area contributed by atoms with E-state index in [0.29, 0.717) is 11.6 Å². The molecule has 0 bridgehead atoms. The summed E-state index contributed by atoms with van der Waals surface area (Å²) in [5.41, 5.74) is 9.45. The maximum absolute atomic E-state index is 12.6. The minimum Gasteiger partial charge on any atom is -0.398 e. The zero-order valence-electron chi connectivity index (χ0n) is 12.2.